The van der Waals surface area contributed by atoms with Crippen LogP contribution in [0, 0.1) is 5.92 Å². The summed E-state index contributed by atoms with van der Waals surface area (Å²) in [4.78, 5) is 27.5. The molecule has 0 bridgehead atoms. The fourth-order valence-corrected chi connectivity index (χ4v) is 6.27. The normalized spacial score (nSPS) is 20.8. The summed E-state index contributed by atoms with van der Waals surface area (Å²) < 4.78 is 30.1. The lowest BCUT2D eigenvalue weighted by atomic mass is 9.82. The Bertz CT molecular complexity index is 1170. The van der Waals surface area contributed by atoms with E-state index in [0.717, 1.165) is 24.0 Å². The van der Waals surface area contributed by atoms with Crippen LogP contribution >= 0.6 is 0 Å². The van der Waals surface area contributed by atoms with Crippen molar-refractivity contribution < 1.29 is 27.9 Å². The molecule has 174 valence electrons. The molecule has 1 N–H and O–H groups in total. The Kier molecular flexibility index (Phi) is 5.63. The van der Waals surface area contributed by atoms with Crippen molar-refractivity contribution in [2.45, 2.75) is 41.4 Å². The molecule has 1 aliphatic carbocycles. The summed E-state index contributed by atoms with van der Waals surface area (Å²) in [6, 6.07) is 14.1. The molecule has 2 aromatic carbocycles. The van der Waals surface area contributed by atoms with E-state index in [1.165, 1.54) is 0 Å². The molecule has 1 saturated carbocycles. The molecule has 0 unspecified atom stereocenters. The number of aliphatic hydroxyl groups is 1. The molecular weight excluding hydrogens is 442 g/mol. The number of Topliss-reactive ketones (excluding diaryl/α,β-unsaturated/α-hetero) is 1. The average Bonchev–Trinajstić information content (AvgIpc) is 3.68. The van der Waals surface area contributed by atoms with Crippen LogP contribution in [-0.2, 0) is 19.4 Å². The molecule has 2 aromatic rings. The Labute approximate surface area is 193 Å². The van der Waals surface area contributed by atoms with Gasteiger partial charge in [-0.3, -0.25) is 9.59 Å². The predicted molar refractivity (Wildman–Crippen MR) is 121 cm³/mol. The van der Waals surface area contributed by atoms with Crippen LogP contribution in [0.1, 0.15) is 36.0 Å². The van der Waals surface area contributed by atoms with Gasteiger partial charge in [0.1, 0.15) is 0 Å². The second kappa shape index (κ2) is 8.34. The van der Waals surface area contributed by atoms with E-state index >= 15 is 0 Å². The molecule has 8 heteroatoms. The minimum absolute atomic E-state index is 0.0622. The number of hydrogen-bond acceptors (Lipinski definition) is 6. The molecule has 33 heavy (non-hydrogen) atoms. The number of benzene rings is 2. The molecule has 2 heterocycles. The summed E-state index contributed by atoms with van der Waals surface area (Å²) >= 11 is 0. The quantitative estimate of drug-likeness (QED) is 0.698. The number of hydrogen-bond donors (Lipinski definition) is 1. The van der Waals surface area contributed by atoms with Gasteiger partial charge in [-0.1, -0.05) is 24.3 Å². The van der Waals surface area contributed by atoms with Crippen molar-refractivity contribution in [2.24, 2.45) is 5.92 Å². The van der Waals surface area contributed by atoms with Crippen molar-refractivity contribution in [1.29, 1.82) is 0 Å². The molecule has 2 aliphatic heterocycles. The number of likely N-dealkylation sites (tertiary alicyclic amines) is 1. The van der Waals surface area contributed by atoms with Gasteiger partial charge < -0.3 is 14.7 Å². The molecular formula is C25H27NO6S. The van der Waals surface area contributed by atoms with Crippen molar-refractivity contribution in [3.63, 3.8) is 0 Å². The van der Waals surface area contributed by atoms with Crippen LogP contribution < -0.4 is 0 Å². The van der Waals surface area contributed by atoms with Crippen LogP contribution in [0.5, 0.6) is 0 Å². The number of carbonyl (C=O) groups excluding carboxylic acids is 2. The van der Waals surface area contributed by atoms with E-state index < -0.39 is 15.4 Å². The maximum atomic E-state index is 12.9. The molecule has 5 rings (SSSR count). The average molecular weight is 470 g/mol. The van der Waals surface area contributed by atoms with Crippen LogP contribution in [0.2, 0.25) is 0 Å². The first-order valence-electron chi connectivity index (χ1n) is 11.4. The first-order chi connectivity index (χ1) is 15.8. The van der Waals surface area contributed by atoms with Crippen molar-refractivity contribution in [2.75, 3.05) is 26.3 Å². The van der Waals surface area contributed by atoms with Gasteiger partial charge in [0, 0.05) is 24.6 Å². The first-order valence-corrected chi connectivity index (χ1v) is 12.9. The highest BCUT2D eigenvalue weighted by Gasteiger charge is 2.47. The summed E-state index contributed by atoms with van der Waals surface area (Å²) in [5, 5.41) is 9.95. The highest BCUT2D eigenvalue weighted by molar-refractivity contribution is 7.92. The molecule has 1 amide bonds. The minimum Gasteiger partial charge on any atom is -0.377 e. The van der Waals surface area contributed by atoms with Crippen molar-refractivity contribution in [3.8, 4) is 11.1 Å². The fourth-order valence-electron chi connectivity index (χ4n) is 4.57. The van der Waals surface area contributed by atoms with Gasteiger partial charge in [-0.25, -0.2) is 8.42 Å². The van der Waals surface area contributed by atoms with Crippen LogP contribution in [0.15, 0.2) is 53.4 Å². The van der Waals surface area contributed by atoms with Gasteiger partial charge >= 0.3 is 0 Å². The second-order valence-corrected chi connectivity index (χ2v) is 11.5. The molecule has 2 saturated heterocycles. The molecule has 0 radical (unpaired) electrons. The number of amides is 1. The standard InChI is InChI=1S/C25H27NO6S/c27-23(25(29)15-32-16-25)18-10-12-26(13-11-18)24(28)19-6-4-17(5-7-19)20-2-1-3-22(14-20)33(30,31)21-8-9-21/h1-7,14,18,21,29H,8-13,15-16H2. The van der Waals surface area contributed by atoms with Crippen molar-refractivity contribution in [3.05, 3.63) is 54.1 Å². The van der Waals surface area contributed by atoms with Gasteiger partial charge in [0.25, 0.3) is 5.91 Å². The third kappa shape index (κ3) is 4.23. The van der Waals surface area contributed by atoms with E-state index in [9.17, 15) is 23.1 Å². The topological polar surface area (TPSA) is 101 Å². The van der Waals surface area contributed by atoms with Crippen LogP contribution in [0.4, 0.5) is 0 Å². The van der Waals surface area contributed by atoms with E-state index in [4.69, 9.17) is 4.74 Å². The molecule has 3 fully saturated rings. The van der Waals surface area contributed by atoms with Crippen LogP contribution in [0.3, 0.4) is 0 Å². The first kappa shape index (κ1) is 22.3. The van der Waals surface area contributed by atoms with Gasteiger partial charge in [-0.15, -0.1) is 0 Å². The van der Waals surface area contributed by atoms with Gasteiger partial charge in [-0.2, -0.15) is 0 Å². The molecule has 7 nitrogen and oxygen atoms in total. The Morgan fingerprint density at radius 3 is 2.18 bits per heavy atom. The summed E-state index contributed by atoms with van der Waals surface area (Å²) in [6.07, 6.45) is 2.52. The van der Waals surface area contributed by atoms with Gasteiger partial charge in [0.2, 0.25) is 0 Å². The van der Waals surface area contributed by atoms with Gasteiger partial charge in [-0.05, 0) is 61.1 Å². The number of sulfone groups is 1. The molecule has 0 atom stereocenters. The number of ether oxygens (including phenoxy) is 1. The third-order valence-corrected chi connectivity index (χ3v) is 9.14. The molecule has 0 aromatic heterocycles. The minimum atomic E-state index is -3.26. The highest BCUT2D eigenvalue weighted by Crippen LogP contribution is 2.35. The lowest BCUT2D eigenvalue weighted by Crippen LogP contribution is -2.59. The van der Waals surface area contributed by atoms with Gasteiger partial charge in [0.15, 0.2) is 21.2 Å². The number of ketones is 1. The zero-order valence-corrected chi connectivity index (χ0v) is 19.1. The second-order valence-electron chi connectivity index (χ2n) is 9.30. The van der Waals surface area contributed by atoms with Crippen LogP contribution in [-0.4, -0.2) is 67.3 Å². The zero-order chi connectivity index (χ0) is 23.2. The lowest BCUT2D eigenvalue weighted by molar-refractivity contribution is -0.193. The Balaban J connectivity index is 1.24. The number of piperidine rings is 1. The highest BCUT2D eigenvalue weighted by atomic mass is 32.2. The van der Waals surface area contributed by atoms with Crippen molar-refractivity contribution in [1.82, 2.24) is 4.90 Å². The predicted octanol–water partition coefficient (Wildman–Crippen LogP) is 2.47. The maximum absolute atomic E-state index is 12.9. The summed E-state index contributed by atoms with van der Waals surface area (Å²) in [5.74, 6) is -0.510. The molecule has 0 spiro atoms. The largest absolute Gasteiger partial charge is 0.377 e. The Hall–Kier alpha value is -2.55. The monoisotopic (exact) mass is 469 g/mol. The van der Waals surface area contributed by atoms with E-state index in [0.29, 0.717) is 36.4 Å². The third-order valence-electron chi connectivity index (χ3n) is 6.88. The SMILES string of the molecule is O=C(c1ccc(-c2cccc(S(=O)(=O)C3CC3)c2)cc1)N1CCC(C(=O)C2(O)COC2)CC1. The Morgan fingerprint density at radius 1 is 0.939 bits per heavy atom. The summed E-state index contributed by atoms with van der Waals surface area (Å²) in [6.45, 7) is 1.06. The summed E-state index contributed by atoms with van der Waals surface area (Å²) in [5.41, 5.74) is 0.853. The van der Waals surface area contributed by atoms with E-state index in [1.54, 1.807) is 35.2 Å². The summed E-state index contributed by atoms with van der Waals surface area (Å²) in [7, 11) is -3.26. The number of nitrogens with zero attached hydrogens (tertiary/aromatic N) is 1. The van der Waals surface area contributed by atoms with Gasteiger partial charge in [0.05, 0.1) is 23.4 Å². The van der Waals surface area contributed by atoms with E-state index in [-0.39, 0.29) is 36.1 Å². The Morgan fingerprint density at radius 2 is 1.61 bits per heavy atom. The lowest BCUT2D eigenvalue weighted by Gasteiger charge is -2.39. The zero-order valence-electron chi connectivity index (χ0n) is 18.3. The number of rotatable bonds is 6. The maximum Gasteiger partial charge on any atom is 0.253 e. The van der Waals surface area contributed by atoms with Crippen molar-refractivity contribution >= 4 is 21.5 Å². The number of carbonyl (C=O) groups is 2. The fraction of sp³-hybridized carbons (Fsp3) is 0.440. The van der Waals surface area contributed by atoms with Crippen LogP contribution in [0.25, 0.3) is 11.1 Å². The smallest absolute Gasteiger partial charge is 0.253 e. The van der Waals surface area contributed by atoms with E-state index in [2.05, 4.69) is 0 Å². The van der Waals surface area contributed by atoms with E-state index in [1.807, 2.05) is 18.2 Å². The molecule has 3 aliphatic rings.